The molecule has 1 aliphatic rings. The van der Waals surface area contributed by atoms with E-state index in [-0.39, 0.29) is 17.9 Å². The number of nitrogens with one attached hydrogen (secondary N) is 1. The lowest BCUT2D eigenvalue weighted by molar-refractivity contribution is -0.385. The summed E-state index contributed by atoms with van der Waals surface area (Å²) in [6, 6.07) is 14.6. The lowest BCUT2D eigenvalue weighted by Crippen LogP contribution is -2.42. The van der Waals surface area contributed by atoms with Crippen molar-refractivity contribution in [3.05, 3.63) is 70.3 Å². The first-order chi connectivity index (χ1) is 14.0. The Morgan fingerprint density at radius 1 is 1.14 bits per heavy atom. The van der Waals surface area contributed by atoms with Crippen molar-refractivity contribution in [2.24, 2.45) is 5.10 Å². The summed E-state index contributed by atoms with van der Waals surface area (Å²) < 4.78 is 11.3. The minimum Gasteiger partial charge on any atom is -0.872 e. The molecule has 0 unspecified atom stereocenters. The number of benzene rings is 3. The highest BCUT2D eigenvalue weighted by Gasteiger charge is 2.27. The van der Waals surface area contributed by atoms with E-state index >= 15 is 0 Å². The first-order valence-electron chi connectivity index (χ1n) is 8.62. The molecule has 146 valence electrons. The van der Waals surface area contributed by atoms with Crippen LogP contribution in [0.15, 0.2) is 59.7 Å². The first kappa shape index (κ1) is 18.2. The molecule has 1 aliphatic heterocycles. The maximum absolute atomic E-state index is 12.3. The number of ether oxygens (including phenoxy) is 2. The lowest BCUT2D eigenvalue weighted by atomic mass is 10.1. The normalized spacial score (nSPS) is 15.4. The number of carbonyl (C=O) groups is 1. The molecule has 0 fully saturated rings. The predicted molar refractivity (Wildman–Crippen MR) is 102 cm³/mol. The molecular formula is C20H14N3O6-. The highest BCUT2D eigenvalue weighted by atomic mass is 16.6. The molecule has 1 amide bonds. The maximum atomic E-state index is 12.3. The first-order valence-corrected chi connectivity index (χ1v) is 8.62. The van der Waals surface area contributed by atoms with Crippen LogP contribution < -0.4 is 20.0 Å². The zero-order valence-corrected chi connectivity index (χ0v) is 14.9. The number of rotatable bonds is 4. The van der Waals surface area contributed by atoms with Crippen LogP contribution in [0.1, 0.15) is 5.56 Å². The number of non-ortho nitro benzene ring substituents is 1. The molecule has 0 saturated carbocycles. The van der Waals surface area contributed by atoms with Crippen molar-refractivity contribution in [1.82, 2.24) is 5.43 Å². The van der Waals surface area contributed by atoms with Crippen molar-refractivity contribution in [1.29, 1.82) is 0 Å². The van der Waals surface area contributed by atoms with Crippen LogP contribution in [-0.4, -0.2) is 29.8 Å². The number of nitro groups is 1. The second-order valence-corrected chi connectivity index (χ2v) is 6.28. The van der Waals surface area contributed by atoms with E-state index in [2.05, 4.69) is 10.5 Å². The van der Waals surface area contributed by atoms with Crippen molar-refractivity contribution in [2.75, 3.05) is 6.61 Å². The molecule has 0 spiro atoms. The van der Waals surface area contributed by atoms with Gasteiger partial charge >= 0.3 is 0 Å². The highest BCUT2D eigenvalue weighted by Crippen LogP contribution is 2.35. The fraction of sp³-hybridized carbons (Fsp3) is 0.100. The van der Waals surface area contributed by atoms with Crippen LogP contribution in [0.5, 0.6) is 17.2 Å². The number of hydrogen-bond donors (Lipinski definition) is 1. The van der Waals surface area contributed by atoms with Gasteiger partial charge in [-0.15, -0.1) is 0 Å². The van der Waals surface area contributed by atoms with Crippen LogP contribution in [0, 0.1) is 10.1 Å². The molecule has 0 radical (unpaired) electrons. The summed E-state index contributed by atoms with van der Waals surface area (Å²) in [5, 5.41) is 28.2. The van der Waals surface area contributed by atoms with E-state index in [9.17, 15) is 20.0 Å². The third kappa shape index (κ3) is 3.79. The lowest BCUT2D eigenvalue weighted by Gasteiger charge is -2.25. The van der Waals surface area contributed by atoms with Crippen LogP contribution in [0.3, 0.4) is 0 Å². The average molecular weight is 392 g/mol. The Hall–Kier alpha value is -4.14. The van der Waals surface area contributed by atoms with Gasteiger partial charge in [0, 0.05) is 12.1 Å². The molecule has 1 atom stereocenters. The van der Waals surface area contributed by atoms with Crippen molar-refractivity contribution in [2.45, 2.75) is 6.10 Å². The molecule has 29 heavy (non-hydrogen) atoms. The summed E-state index contributed by atoms with van der Waals surface area (Å²) in [4.78, 5) is 22.5. The maximum Gasteiger partial charge on any atom is 0.284 e. The number of nitro benzene ring substituents is 1. The van der Waals surface area contributed by atoms with Gasteiger partial charge in [0.2, 0.25) is 6.10 Å². The molecule has 1 N–H and O–H groups in total. The van der Waals surface area contributed by atoms with Gasteiger partial charge in [-0.3, -0.25) is 14.9 Å². The average Bonchev–Trinajstić information content (AvgIpc) is 2.72. The largest absolute Gasteiger partial charge is 0.872 e. The van der Waals surface area contributed by atoms with E-state index in [4.69, 9.17) is 9.47 Å². The van der Waals surface area contributed by atoms with E-state index < -0.39 is 22.7 Å². The van der Waals surface area contributed by atoms with Crippen LogP contribution in [0.2, 0.25) is 0 Å². The van der Waals surface area contributed by atoms with Crippen molar-refractivity contribution in [3.8, 4) is 17.2 Å². The summed E-state index contributed by atoms with van der Waals surface area (Å²) >= 11 is 0. The molecule has 0 bridgehead atoms. The van der Waals surface area contributed by atoms with E-state index in [0.717, 1.165) is 35.2 Å². The molecular weight excluding hydrogens is 378 g/mol. The quantitative estimate of drug-likeness (QED) is 0.412. The number of fused-ring (bicyclic) bond motifs is 2. The van der Waals surface area contributed by atoms with Gasteiger partial charge in [-0.25, -0.2) is 5.43 Å². The molecule has 1 heterocycles. The number of nitrogens with zero attached hydrogens (tertiary/aromatic N) is 2. The van der Waals surface area contributed by atoms with Crippen LogP contribution in [0.25, 0.3) is 10.8 Å². The van der Waals surface area contributed by atoms with Gasteiger partial charge in [0.15, 0.2) is 11.5 Å². The molecule has 4 rings (SSSR count). The van der Waals surface area contributed by atoms with Gasteiger partial charge in [-0.05, 0) is 28.5 Å². The topological polar surface area (TPSA) is 126 Å². The summed E-state index contributed by atoms with van der Waals surface area (Å²) in [7, 11) is 0. The van der Waals surface area contributed by atoms with E-state index in [1.54, 1.807) is 6.07 Å². The van der Waals surface area contributed by atoms with Crippen molar-refractivity contribution in [3.63, 3.8) is 0 Å². The monoisotopic (exact) mass is 392 g/mol. The van der Waals surface area contributed by atoms with E-state index in [0.29, 0.717) is 11.5 Å². The molecule has 9 nitrogen and oxygen atoms in total. The van der Waals surface area contributed by atoms with E-state index in [1.807, 2.05) is 30.3 Å². The minimum absolute atomic E-state index is 0.00366. The third-order valence-corrected chi connectivity index (χ3v) is 4.35. The number of amides is 1. The summed E-state index contributed by atoms with van der Waals surface area (Å²) in [6.45, 7) is -0.00366. The Balaban J connectivity index is 1.45. The van der Waals surface area contributed by atoms with Crippen LogP contribution in [-0.2, 0) is 4.79 Å². The van der Waals surface area contributed by atoms with Crippen molar-refractivity contribution < 1.29 is 24.3 Å². The second-order valence-electron chi connectivity index (χ2n) is 6.28. The zero-order chi connectivity index (χ0) is 20.4. The van der Waals surface area contributed by atoms with Crippen molar-refractivity contribution >= 4 is 28.6 Å². The Labute approximate surface area is 164 Å². The van der Waals surface area contributed by atoms with Gasteiger partial charge in [0.25, 0.3) is 11.6 Å². The summed E-state index contributed by atoms with van der Waals surface area (Å²) in [6.07, 6.45) is 0.121. The molecule has 0 aromatic heterocycles. The number of hydrazone groups is 1. The fourth-order valence-corrected chi connectivity index (χ4v) is 2.87. The molecule has 9 heteroatoms. The molecule has 0 saturated heterocycles. The van der Waals surface area contributed by atoms with Gasteiger partial charge in [-0.1, -0.05) is 36.1 Å². The van der Waals surface area contributed by atoms with Crippen LogP contribution in [0.4, 0.5) is 5.69 Å². The fourth-order valence-electron chi connectivity index (χ4n) is 2.87. The molecule has 3 aromatic carbocycles. The second kappa shape index (κ2) is 7.47. The summed E-state index contributed by atoms with van der Waals surface area (Å²) in [5.41, 5.74) is 2.00. The van der Waals surface area contributed by atoms with Crippen LogP contribution >= 0.6 is 0 Å². The SMILES string of the molecule is O=C(N/N=C/c1cc([N+](=O)[O-])ccc1[O-])[C@@H]1COc2cc3ccccc3cc2O1. The standard InChI is InChI=1S/C20H15N3O6/c24-16-6-5-15(23(26)27)7-14(16)10-21-22-20(25)19-11-28-17-8-12-3-1-2-4-13(12)9-18(17)29-19/h1-10,19,24H,11H2,(H,22,25)/p-1/b21-10+/t19-/m0/s1. The summed E-state index contributed by atoms with van der Waals surface area (Å²) in [5.74, 6) is -0.0342. The Kier molecular flexibility index (Phi) is 4.70. The van der Waals surface area contributed by atoms with Gasteiger partial charge < -0.3 is 14.6 Å². The Morgan fingerprint density at radius 3 is 2.59 bits per heavy atom. The Morgan fingerprint density at radius 2 is 1.86 bits per heavy atom. The smallest absolute Gasteiger partial charge is 0.284 e. The molecule has 0 aliphatic carbocycles. The van der Waals surface area contributed by atoms with Gasteiger partial charge in [0.05, 0.1) is 11.1 Å². The van der Waals surface area contributed by atoms with Gasteiger partial charge in [0.1, 0.15) is 6.61 Å². The molecule has 3 aromatic rings. The highest BCUT2D eigenvalue weighted by molar-refractivity contribution is 5.88. The third-order valence-electron chi connectivity index (χ3n) is 4.35. The predicted octanol–water partition coefficient (Wildman–Crippen LogP) is 2.11. The Bertz CT molecular complexity index is 1140. The van der Waals surface area contributed by atoms with E-state index in [1.165, 1.54) is 0 Å². The van der Waals surface area contributed by atoms with Gasteiger partial charge in [-0.2, -0.15) is 5.10 Å². The number of carbonyl (C=O) groups excluding carboxylic acids is 1. The zero-order valence-electron chi connectivity index (χ0n) is 14.9. The number of hydrogen-bond acceptors (Lipinski definition) is 7. The minimum atomic E-state index is -0.933.